The predicted molar refractivity (Wildman–Crippen MR) is 118 cm³/mol. The Morgan fingerprint density at radius 3 is 2.29 bits per heavy atom. The molecule has 1 atom stereocenters. The summed E-state index contributed by atoms with van der Waals surface area (Å²) in [6.45, 7) is 2.51. The zero-order chi connectivity index (χ0) is 21.5. The van der Waals surface area contributed by atoms with E-state index < -0.39 is 12.1 Å². The van der Waals surface area contributed by atoms with Crippen LogP contribution in [0.1, 0.15) is 24.4 Å². The second-order valence-electron chi connectivity index (χ2n) is 6.71. The number of rotatable bonds is 7. The average Bonchev–Trinajstić information content (AvgIpc) is 3.30. The summed E-state index contributed by atoms with van der Waals surface area (Å²) in [5, 5.41) is 14.1. The number of urea groups is 1. The standard InChI is InChI=1S/C24H22N4O3/c1-2-30-20-15-13-19(14-16-20)25-24(29)26-21(17-9-5-3-6-10-17)23-28-27-22(31-23)18-11-7-4-8-12-18/h3-16,21H,2H2,1H3,(H2,25,26,29)/t21-/m1/s1. The maximum Gasteiger partial charge on any atom is 0.320 e. The number of hydrogen-bond acceptors (Lipinski definition) is 5. The van der Waals surface area contributed by atoms with Crippen LogP contribution in [0.25, 0.3) is 11.5 Å². The SMILES string of the molecule is CCOc1ccc(NC(=O)N[C@H](c2ccccc2)c2nnc(-c3ccccc3)o2)cc1. The van der Waals surface area contributed by atoms with Crippen LogP contribution in [0, 0.1) is 0 Å². The van der Waals surface area contributed by atoms with Gasteiger partial charge in [-0.1, -0.05) is 48.5 Å². The van der Waals surface area contributed by atoms with Crippen molar-refractivity contribution in [2.45, 2.75) is 13.0 Å². The highest BCUT2D eigenvalue weighted by atomic mass is 16.5. The Hall–Kier alpha value is -4.13. The first-order chi connectivity index (χ1) is 15.2. The molecule has 7 nitrogen and oxygen atoms in total. The Balaban J connectivity index is 1.53. The van der Waals surface area contributed by atoms with Crippen LogP contribution >= 0.6 is 0 Å². The molecule has 2 N–H and O–H groups in total. The molecule has 0 saturated carbocycles. The quantitative estimate of drug-likeness (QED) is 0.442. The summed E-state index contributed by atoms with van der Waals surface area (Å²) in [4.78, 5) is 12.7. The van der Waals surface area contributed by atoms with E-state index in [1.807, 2.05) is 67.6 Å². The Bertz CT molecular complexity index is 1110. The number of aromatic nitrogens is 2. The van der Waals surface area contributed by atoms with Gasteiger partial charge in [-0.25, -0.2) is 4.79 Å². The molecule has 0 unspecified atom stereocenters. The highest BCUT2D eigenvalue weighted by Crippen LogP contribution is 2.25. The minimum atomic E-state index is -0.603. The summed E-state index contributed by atoms with van der Waals surface area (Å²) in [7, 11) is 0. The van der Waals surface area contributed by atoms with Crippen molar-refractivity contribution in [1.82, 2.24) is 15.5 Å². The number of hydrogen-bond donors (Lipinski definition) is 2. The van der Waals surface area contributed by atoms with Gasteiger partial charge in [0.15, 0.2) is 0 Å². The van der Waals surface area contributed by atoms with Gasteiger partial charge in [0, 0.05) is 11.3 Å². The molecule has 0 aliphatic carbocycles. The molecule has 0 radical (unpaired) electrons. The number of carbonyl (C=O) groups excluding carboxylic acids is 1. The van der Waals surface area contributed by atoms with Gasteiger partial charge < -0.3 is 19.8 Å². The van der Waals surface area contributed by atoms with Crippen molar-refractivity contribution in [2.24, 2.45) is 0 Å². The third kappa shape index (κ3) is 5.08. The van der Waals surface area contributed by atoms with Gasteiger partial charge >= 0.3 is 6.03 Å². The number of ether oxygens (including phenoxy) is 1. The van der Waals surface area contributed by atoms with Gasteiger partial charge in [-0.2, -0.15) is 0 Å². The fraction of sp³-hybridized carbons (Fsp3) is 0.125. The molecule has 156 valence electrons. The van der Waals surface area contributed by atoms with E-state index in [1.54, 1.807) is 24.3 Å². The predicted octanol–water partition coefficient (Wildman–Crippen LogP) is 5.05. The van der Waals surface area contributed by atoms with Crippen LogP contribution in [0.4, 0.5) is 10.5 Å². The van der Waals surface area contributed by atoms with E-state index in [0.29, 0.717) is 24.1 Å². The smallest absolute Gasteiger partial charge is 0.320 e. The summed E-state index contributed by atoms with van der Waals surface area (Å²) in [6.07, 6.45) is 0. The van der Waals surface area contributed by atoms with Gasteiger partial charge in [0.25, 0.3) is 0 Å². The molecule has 4 rings (SSSR count). The lowest BCUT2D eigenvalue weighted by Crippen LogP contribution is -2.33. The second-order valence-corrected chi connectivity index (χ2v) is 6.71. The molecule has 31 heavy (non-hydrogen) atoms. The van der Waals surface area contributed by atoms with E-state index in [1.165, 1.54) is 0 Å². The molecule has 3 aromatic carbocycles. The fourth-order valence-corrected chi connectivity index (χ4v) is 3.08. The number of anilines is 1. The Morgan fingerprint density at radius 1 is 0.935 bits per heavy atom. The molecule has 1 aromatic heterocycles. The lowest BCUT2D eigenvalue weighted by Gasteiger charge is -2.16. The number of nitrogens with zero attached hydrogens (tertiary/aromatic N) is 2. The minimum absolute atomic E-state index is 0.298. The van der Waals surface area contributed by atoms with Crippen LogP contribution in [0.15, 0.2) is 89.3 Å². The summed E-state index contributed by atoms with van der Waals surface area (Å²) >= 11 is 0. The molecule has 7 heteroatoms. The first-order valence-corrected chi connectivity index (χ1v) is 9.97. The van der Waals surface area contributed by atoms with Gasteiger partial charge in [0.05, 0.1) is 6.61 Å². The molecular formula is C24H22N4O3. The normalized spacial score (nSPS) is 11.5. The first kappa shape index (κ1) is 20.2. The number of amides is 2. The van der Waals surface area contributed by atoms with Crippen molar-refractivity contribution in [3.8, 4) is 17.2 Å². The van der Waals surface area contributed by atoms with E-state index >= 15 is 0 Å². The van der Waals surface area contributed by atoms with Crippen LogP contribution in [-0.4, -0.2) is 22.8 Å². The summed E-state index contributed by atoms with van der Waals surface area (Å²) in [5.41, 5.74) is 2.28. The Labute approximate surface area is 180 Å². The largest absolute Gasteiger partial charge is 0.494 e. The maximum absolute atomic E-state index is 12.7. The van der Waals surface area contributed by atoms with Crippen LogP contribution in [0.5, 0.6) is 5.75 Å². The zero-order valence-corrected chi connectivity index (χ0v) is 17.0. The van der Waals surface area contributed by atoms with E-state index in [-0.39, 0.29) is 0 Å². The van der Waals surface area contributed by atoms with Crippen molar-refractivity contribution >= 4 is 11.7 Å². The zero-order valence-electron chi connectivity index (χ0n) is 17.0. The monoisotopic (exact) mass is 414 g/mol. The number of benzene rings is 3. The summed E-state index contributed by atoms with van der Waals surface area (Å²) in [5.74, 6) is 1.44. The molecule has 0 aliphatic heterocycles. The van der Waals surface area contributed by atoms with Crippen molar-refractivity contribution in [3.05, 3.63) is 96.4 Å². The van der Waals surface area contributed by atoms with E-state index in [2.05, 4.69) is 20.8 Å². The Kier molecular flexibility index (Phi) is 6.23. The molecule has 0 aliphatic rings. The van der Waals surface area contributed by atoms with Crippen molar-refractivity contribution in [1.29, 1.82) is 0 Å². The number of carbonyl (C=O) groups is 1. The van der Waals surface area contributed by atoms with E-state index in [9.17, 15) is 4.79 Å². The van der Waals surface area contributed by atoms with Gasteiger partial charge in [-0.05, 0) is 48.9 Å². The third-order valence-corrected chi connectivity index (χ3v) is 4.54. The lowest BCUT2D eigenvalue weighted by molar-refractivity contribution is 0.248. The highest BCUT2D eigenvalue weighted by Gasteiger charge is 2.23. The highest BCUT2D eigenvalue weighted by molar-refractivity contribution is 5.89. The molecular weight excluding hydrogens is 392 g/mol. The van der Waals surface area contributed by atoms with Gasteiger partial charge in [0.2, 0.25) is 11.8 Å². The molecule has 0 bridgehead atoms. The lowest BCUT2D eigenvalue weighted by atomic mass is 10.1. The van der Waals surface area contributed by atoms with E-state index in [4.69, 9.17) is 9.15 Å². The minimum Gasteiger partial charge on any atom is -0.494 e. The Morgan fingerprint density at radius 2 is 1.61 bits per heavy atom. The van der Waals surface area contributed by atoms with Gasteiger partial charge in [0.1, 0.15) is 11.8 Å². The number of nitrogens with one attached hydrogen (secondary N) is 2. The maximum atomic E-state index is 12.7. The van der Waals surface area contributed by atoms with Crippen LogP contribution < -0.4 is 15.4 Å². The van der Waals surface area contributed by atoms with Crippen molar-refractivity contribution in [2.75, 3.05) is 11.9 Å². The second kappa shape index (κ2) is 9.58. The van der Waals surface area contributed by atoms with Crippen LogP contribution in [0.2, 0.25) is 0 Å². The van der Waals surface area contributed by atoms with Gasteiger partial charge in [-0.15, -0.1) is 10.2 Å². The van der Waals surface area contributed by atoms with Crippen LogP contribution in [0.3, 0.4) is 0 Å². The summed E-state index contributed by atoms with van der Waals surface area (Å²) in [6, 6.07) is 25.2. The van der Waals surface area contributed by atoms with Crippen LogP contribution in [-0.2, 0) is 0 Å². The van der Waals surface area contributed by atoms with Gasteiger partial charge in [-0.3, -0.25) is 0 Å². The first-order valence-electron chi connectivity index (χ1n) is 9.97. The third-order valence-electron chi connectivity index (χ3n) is 4.54. The van der Waals surface area contributed by atoms with Crippen molar-refractivity contribution in [3.63, 3.8) is 0 Å². The summed E-state index contributed by atoms with van der Waals surface area (Å²) < 4.78 is 11.3. The van der Waals surface area contributed by atoms with E-state index in [0.717, 1.165) is 16.9 Å². The average molecular weight is 414 g/mol. The molecule has 4 aromatic rings. The molecule has 1 heterocycles. The fourth-order valence-electron chi connectivity index (χ4n) is 3.08. The molecule has 0 saturated heterocycles. The molecule has 0 spiro atoms. The topological polar surface area (TPSA) is 89.3 Å². The van der Waals surface area contributed by atoms with Crippen molar-refractivity contribution < 1.29 is 13.9 Å². The molecule has 2 amide bonds. The molecule has 0 fully saturated rings.